The third-order valence-electron chi connectivity index (χ3n) is 2.31. The minimum atomic E-state index is -1.09. The van der Waals surface area contributed by atoms with Crippen molar-refractivity contribution in [3.8, 4) is 0 Å². The summed E-state index contributed by atoms with van der Waals surface area (Å²) >= 11 is 0. The Hall–Kier alpha value is -1.59. The van der Waals surface area contributed by atoms with Gasteiger partial charge in [-0.1, -0.05) is 0 Å². The maximum absolute atomic E-state index is 11.5. The number of amides is 3. The van der Waals surface area contributed by atoms with Gasteiger partial charge >= 0.3 is 12.0 Å². The molecule has 14 heavy (non-hydrogen) atoms. The molecule has 6 nitrogen and oxygen atoms in total. The van der Waals surface area contributed by atoms with Gasteiger partial charge < -0.3 is 10.0 Å². The molecule has 3 amide bonds. The van der Waals surface area contributed by atoms with Crippen LogP contribution >= 0.6 is 0 Å². The second kappa shape index (κ2) is 2.97. The van der Waals surface area contributed by atoms with Crippen LogP contribution in [0.2, 0.25) is 0 Å². The molecule has 0 spiro atoms. The Labute approximate surface area is 80.1 Å². The molecular weight excluding hydrogens is 188 g/mol. The first-order chi connectivity index (χ1) is 6.59. The summed E-state index contributed by atoms with van der Waals surface area (Å²) in [5, 5.41) is 8.49. The summed E-state index contributed by atoms with van der Waals surface area (Å²) in [6.45, 7) is -0.491. The van der Waals surface area contributed by atoms with Crippen LogP contribution in [0.1, 0.15) is 12.8 Å². The molecule has 1 aliphatic heterocycles. The highest BCUT2D eigenvalue weighted by Crippen LogP contribution is 2.30. The third-order valence-corrected chi connectivity index (χ3v) is 2.31. The van der Waals surface area contributed by atoms with E-state index in [1.807, 2.05) is 0 Å². The molecule has 76 valence electrons. The Morgan fingerprint density at radius 2 is 2.07 bits per heavy atom. The minimum absolute atomic E-state index is 0.0220. The van der Waals surface area contributed by atoms with E-state index in [4.69, 9.17) is 5.11 Å². The van der Waals surface area contributed by atoms with Gasteiger partial charge in [0, 0.05) is 6.04 Å². The summed E-state index contributed by atoms with van der Waals surface area (Å²) in [6, 6.07) is -0.436. The molecular formula is C8H10N2O4. The highest BCUT2D eigenvalue weighted by Gasteiger charge is 2.45. The summed E-state index contributed by atoms with van der Waals surface area (Å²) in [4.78, 5) is 35.4. The summed E-state index contributed by atoms with van der Waals surface area (Å²) in [7, 11) is 0. The van der Waals surface area contributed by atoms with Crippen molar-refractivity contribution in [2.24, 2.45) is 0 Å². The summed E-state index contributed by atoms with van der Waals surface area (Å²) in [5.74, 6) is -1.37. The Bertz CT molecular complexity index is 310. The third kappa shape index (κ3) is 1.43. The van der Waals surface area contributed by atoms with Crippen molar-refractivity contribution in [1.29, 1.82) is 0 Å². The minimum Gasteiger partial charge on any atom is -0.480 e. The molecule has 0 radical (unpaired) electrons. The molecule has 1 saturated carbocycles. The quantitative estimate of drug-likeness (QED) is 0.620. The molecule has 0 atom stereocenters. The average Bonchev–Trinajstić information content (AvgIpc) is 2.82. The molecule has 1 aliphatic carbocycles. The molecule has 0 bridgehead atoms. The smallest absolute Gasteiger partial charge is 0.328 e. The largest absolute Gasteiger partial charge is 0.480 e. The zero-order valence-electron chi connectivity index (χ0n) is 7.47. The van der Waals surface area contributed by atoms with Gasteiger partial charge in [0.15, 0.2) is 0 Å². The number of imide groups is 1. The number of aliphatic carboxylic acids is 1. The van der Waals surface area contributed by atoms with E-state index in [1.54, 1.807) is 0 Å². The zero-order chi connectivity index (χ0) is 10.3. The Balaban J connectivity index is 2.06. The number of urea groups is 1. The number of carboxylic acid groups (broad SMARTS) is 1. The molecule has 2 fully saturated rings. The fraction of sp³-hybridized carbons (Fsp3) is 0.625. The first-order valence-electron chi connectivity index (χ1n) is 4.42. The van der Waals surface area contributed by atoms with Gasteiger partial charge in [0.25, 0.3) is 5.91 Å². The van der Waals surface area contributed by atoms with E-state index in [1.165, 1.54) is 4.90 Å². The van der Waals surface area contributed by atoms with Crippen LogP contribution in [0.3, 0.4) is 0 Å². The lowest BCUT2D eigenvalue weighted by molar-refractivity contribution is -0.137. The SMILES string of the molecule is O=C(O)CN1CC(=O)N(C2CC2)C1=O. The molecule has 2 aliphatic rings. The maximum Gasteiger partial charge on any atom is 0.328 e. The van der Waals surface area contributed by atoms with Crippen molar-refractivity contribution in [3.05, 3.63) is 0 Å². The van der Waals surface area contributed by atoms with E-state index in [-0.39, 0.29) is 18.5 Å². The van der Waals surface area contributed by atoms with Gasteiger partial charge in [-0.05, 0) is 12.8 Å². The first-order valence-corrected chi connectivity index (χ1v) is 4.42. The fourth-order valence-electron chi connectivity index (χ4n) is 1.55. The lowest BCUT2D eigenvalue weighted by atomic mass is 10.5. The number of nitrogens with zero attached hydrogens (tertiary/aromatic N) is 2. The Morgan fingerprint density at radius 1 is 1.43 bits per heavy atom. The van der Waals surface area contributed by atoms with Gasteiger partial charge in [0.2, 0.25) is 0 Å². The monoisotopic (exact) mass is 198 g/mol. The van der Waals surface area contributed by atoms with Crippen molar-refractivity contribution >= 4 is 17.9 Å². The van der Waals surface area contributed by atoms with Gasteiger partial charge in [0.05, 0.1) is 0 Å². The zero-order valence-corrected chi connectivity index (χ0v) is 7.47. The number of hydrogen-bond acceptors (Lipinski definition) is 3. The molecule has 0 aromatic carbocycles. The van der Waals surface area contributed by atoms with Crippen molar-refractivity contribution in [2.45, 2.75) is 18.9 Å². The molecule has 0 unspecified atom stereocenters. The van der Waals surface area contributed by atoms with Gasteiger partial charge in [-0.15, -0.1) is 0 Å². The topological polar surface area (TPSA) is 77.9 Å². The Morgan fingerprint density at radius 3 is 2.57 bits per heavy atom. The van der Waals surface area contributed by atoms with Gasteiger partial charge in [-0.3, -0.25) is 14.5 Å². The number of carbonyl (C=O) groups excluding carboxylic acids is 2. The van der Waals surface area contributed by atoms with E-state index in [0.717, 1.165) is 17.7 Å². The van der Waals surface area contributed by atoms with E-state index < -0.39 is 18.5 Å². The lowest BCUT2D eigenvalue weighted by Gasteiger charge is -2.14. The number of hydrogen-bond donors (Lipinski definition) is 1. The standard InChI is InChI=1S/C8H10N2O4/c11-6-3-9(4-7(12)13)8(14)10(6)5-1-2-5/h5H,1-4H2,(H,12,13). The highest BCUT2D eigenvalue weighted by atomic mass is 16.4. The van der Waals surface area contributed by atoms with Crippen LogP contribution in [0.15, 0.2) is 0 Å². The molecule has 1 saturated heterocycles. The number of rotatable bonds is 3. The molecule has 2 rings (SSSR count). The molecule has 0 aromatic rings. The summed E-state index contributed by atoms with van der Waals surface area (Å²) < 4.78 is 0. The predicted octanol–water partition coefficient (Wildman–Crippen LogP) is -0.502. The molecule has 1 N–H and O–H groups in total. The van der Waals surface area contributed by atoms with E-state index in [2.05, 4.69) is 0 Å². The van der Waals surface area contributed by atoms with E-state index in [0.29, 0.717) is 0 Å². The predicted molar refractivity (Wildman–Crippen MR) is 44.5 cm³/mol. The summed E-state index contributed by atoms with van der Waals surface area (Å²) in [6.07, 6.45) is 1.69. The maximum atomic E-state index is 11.5. The van der Waals surface area contributed by atoms with Gasteiger partial charge in [-0.25, -0.2) is 4.79 Å². The second-order valence-corrected chi connectivity index (χ2v) is 3.53. The summed E-state index contributed by atoms with van der Waals surface area (Å²) in [5.41, 5.74) is 0. The van der Waals surface area contributed by atoms with Gasteiger partial charge in [0.1, 0.15) is 13.1 Å². The number of carbonyl (C=O) groups is 3. The number of carboxylic acids is 1. The molecule has 6 heteroatoms. The second-order valence-electron chi connectivity index (χ2n) is 3.53. The average molecular weight is 198 g/mol. The van der Waals surface area contributed by atoms with Crippen molar-refractivity contribution in [1.82, 2.24) is 9.80 Å². The van der Waals surface area contributed by atoms with Crippen molar-refractivity contribution in [2.75, 3.05) is 13.1 Å². The van der Waals surface area contributed by atoms with E-state index >= 15 is 0 Å². The van der Waals surface area contributed by atoms with Crippen LogP contribution in [-0.4, -0.2) is 51.9 Å². The first kappa shape index (κ1) is 8.98. The van der Waals surface area contributed by atoms with E-state index in [9.17, 15) is 14.4 Å². The molecule has 0 aromatic heterocycles. The highest BCUT2D eigenvalue weighted by molar-refractivity contribution is 6.03. The fourth-order valence-corrected chi connectivity index (χ4v) is 1.55. The van der Waals surface area contributed by atoms with Crippen LogP contribution in [0.25, 0.3) is 0 Å². The van der Waals surface area contributed by atoms with Crippen LogP contribution < -0.4 is 0 Å². The molecule has 1 heterocycles. The van der Waals surface area contributed by atoms with Gasteiger partial charge in [-0.2, -0.15) is 0 Å². The van der Waals surface area contributed by atoms with Crippen molar-refractivity contribution in [3.63, 3.8) is 0 Å². The van der Waals surface area contributed by atoms with Crippen LogP contribution in [0.5, 0.6) is 0 Å². The van der Waals surface area contributed by atoms with Crippen LogP contribution in [0.4, 0.5) is 4.79 Å². The lowest BCUT2D eigenvalue weighted by Crippen LogP contribution is -2.36. The van der Waals surface area contributed by atoms with Crippen LogP contribution in [-0.2, 0) is 9.59 Å². The normalized spacial score (nSPS) is 22.0. The van der Waals surface area contributed by atoms with Crippen molar-refractivity contribution < 1.29 is 19.5 Å². The van der Waals surface area contributed by atoms with Crippen LogP contribution in [0, 0.1) is 0 Å². The Kier molecular flexibility index (Phi) is 1.90.